The number of thiocarbonyl (C=S) groups is 1. The Morgan fingerprint density at radius 1 is 0.724 bits per heavy atom. The van der Waals surface area contributed by atoms with E-state index in [1.54, 1.807) is 0 Å². The number of hydrogen-bond acceptors (Lipinski definition) is 5. The van der Waals surface area contributed by atoms with E-state index >= 15 is 0 Å². The Kier molecular flexibility index (Phi) is 9.62. The highest BCUT2D eigenvalue weighted by atomic mass is 32.1. The van der Waals surface area contributed by atoms with Crippen LogP contribution in [-0.2, 0) is 19.2 Å². The molecule has 8 heteroatoms. The zero-order valence-electron chi connectivity index (χ0n) is 18.3. The average Bonchev–Trinajstić information content (AvgIpc) is 3.28. The summed E-state index contributed by atoms with van der Waals surface area (Å²) >= 11 is 5.14. The first-order valence-corrected chi connectivity index (χ1v) is 10.6. The molecular formula is C21H33N3O4S. The summed E-state index contributed by atoms with van der Waals surface area (Å²) in [5, 5.41) is 0. The third kappa shape index (κ3) is 7.03. The molecule has 7 nitrogen and oxygen atoms in total. The van der Waals surface area contributed by atoms with Crippen LogP contribution in [0.4, 0.5) is 0 Å². The lowest BCUT2D eigenvalue weighted by Gasteiger charge is -2.21. The van der Waals surface area contributed by atoms with Crippen LogP contribution in [0.2, 0.25) is 0 Å². The van der Waals surface area contributed by atoms with Crippen LogP contribution >= 0.6 is 12.2 Å². The van der Waals surface area contributed by atoms with Crippen LogP contribution in [0.15, 0.2) is 12.2 Å². The number of imide groups is 2. The zero-order valence-corrected chi connectivity index (χ0v) is 19.1. The number of nitrogens with zero attached hydrogens (tertiary/aromatic N) is 3. The summed E-state index contributed by atoms with van der Waals surface area (Å²) in [5.41, 5.74) is 0. The zero-order chi connectivity index (χ0) is 22.3. The predicted octanol–water partition coefficient (Wildman–Crippen LogP) is 2.68. The van der Waals surface area contributed by atoms with Crippen LogP contribution in [0.5, 0.6) is 0 Å². The molecule has 162 valence electrons. The lowest BCUT2D eigenvalue weighted by Crippen LogP contribution is -2.36. The molecular weight excluding hydrogens is 390 g/mol. The smallest absolute Gasteiger partial charge is 0.253 e. The second kappa shape index (κ2) is 11.2. The van der Waals surface area contributed by atoms with Gasteiger partial charge in [0.1, 0.15) is 0 Å². The van der Waals surface area contributed by atoms with Crippen molar-refractivity contribution in [1.82, 2.24) is 14.7 Å². The molecule has 29 heavy (non-hydrogen) atoms. The van der Waals surface area contributed by atoms with E-state index < -0.39 is 0 Å². The summed E-state index contributed by atoms with van der Waals surface area (Å²) in [6, 6.07) is 0.609. The normalized spacial score (nSPS) is 18.9. The van der Waals surface area contributed by atoms with Gasteiger partial charge in [-0.2, -0.15) is 0 Å². The van der Waals surface area contributed by atoms with Gasteiger partial charge in [0.25, 0.3) is 11.8 Å². The maximum absolute atomic E-state index is 10.9. The van der Waals surface area contributed by atoms with Crippen molar-refractivity contribution in [3.05, 3.63) is 12.2 Å². The minimum absolute atomic E-state index is 0.0278. The average molecular weight is 424 g/mol. The highest BCUT2D eigenvalue weighted by molar-refractivity contribution is 7.80. The van der Waals surface area contributed by atoms with Crippen LogP contribution in [0, 0.1) is 0 Å². The summed E-state index contributed by atoms with van der Waals surface area (Å²) in [5.74, 6) is -0.472. The van der Waals surface area contributed by atoms with Gasteiger partial charge >= 0.3 is 0 Å². The summed E-state index contributed by atoms with van der Waals surface area (Å²) in [7, 11) is 0. The molecule has 0 atom stereocenters. The Morgan fingerprint density at radius 3 is 1.38 bits per heavy atom. The minimum atomic E-state index is -0.208. The van der Waals surface area contributed by atoms with Gasteiger partial charge in [0, 0.05) is 49.7 Å². The molecule has 0 aliphatic carbocycles. The number of rotatable bonds is 3. The number of carbonyl (C=O) groups is 4. The molecule has 0 unspecified atom stereocenters. The molecule has 0 radical (unpaired) electrons. The first kappa shape index (κ1) is 24.9. The van der Waals surface area contributed by atoms with Gasteiger partial charge < -0.3 is 4.90 Å². The molecule has 2 saturated heterocycles. The van der Waals surface area contributed by atoms with Gasteiger partial charge in [-0.25, -0.2) is 0 Å². The molecule has 3 rings (SSSR count). The molecule has 2 fully saturated rings. The topological polar surface area (TPSA) is 78.0 Å². The molecule has 0 bridgehead atoms. The van der Waals surface area contributed by atoms with Crippen LogP contribution in [0.1, 0.15) is 67.2 Å². The molecule has 0 aromatic carbocycles. The van der Waals surface area contributed by atoms with Crippen LogP contribution in [-0.4, -0.2) is 68.0 Å². The Labute approximate surface area is 179 Å². The number of likely N-dealkylation sites (tertiary alicyclic amines) is 2. The second-order valence-electron chi connectivity index (χ2n) is 8.01. The highest BCUT2D eigenvalue weighted by Crippen LogP contribution is 2.15. The monoisotopic (exact) mass is 423 g/mol. The van der Waals surface area contributed by atoms with E-state index in [4.69, 9.17) is 12.2 Å². The Morgan fingerprint density at radius 2 is 1.17 bits per heavy atom. The predicted molar refractivity (Wildman–Crippen MR) is 116 cm³/mol. The van der Waals surface area contributed by atoms with E-state index in [9.17, 15) is 19.2 Å². The van der Waals surface area contributed by atoms with E-state index in [1.165, 1.54) is 34.9 Å². The molecule has 0 aromatic heterocycles. The van der Waals surface area contributed by atoms with Gasteiger partial charge in [0.2, 0.25) is 11.8 Å². The quantitative estimate of drug-likeness (QED) is 0.513. The maximum Gasteiger partial charge on any atom is 0.253 e. The van der Waals surface area contributed by atoms with Crippen molar-refractivity contribution < 1.29 is 19.2 Å². The SMILES string of the molecule is CC(C)N1C(=O)C=CC1=O.CC(C)N1C(=O)CCC1=O.CC(C)N1CCCC1=S. The van der Waals surface area contributed by atoms with E-state index in [0.717, 1.165) is 11.4 Å². The molecule has 0 spiro atoms. The third-order valence-corrected chi connectivity index (χ3v) is 5.14. The van der Waals surface area contributed by atoms with Crippen LogP contribution in [0.25, 0.3) is 0 Å². The summed E-state index contributed by atoms with van der Waals surface area (Å²) in [6.07, 6.45) is 5.78. The van der Waals surface area contributed by atoms with Crippen molar-refractivity contribution in [2.24, 2.45) is 0 Å². The number of amides is 4. The standard InChI is InChI=1S/C7H11NO2.C7H9NO2.C7H13NS/c2*1-5(2)8-6(9)3-4-7(8)10;1-6(2)8-5-3-4-7(8)9/h5H,3-4H2,1-2H3;3-5H,1-2H3;6H,3-5H2,1-2H3. The summed E-state index contributed by atoms with van der Waals surface area (Å²) < 4.78 is 0. The van der Waals surface area contributed by atoms with E-state index in [0.29, 0.717) is 18.9 Å². The van der Waals surface area contributed by atoms with E-state index in [1.807, 2.05) is 27.7 Å². The van der Waals surface area contributed by atoms with Crippen LogP contribution < -0.4 is 0 Å². The van der Waals surface area contributed by atoms with Gasteiger partial charge in [-0.3, -0.25) is 29.0 Å². The molecule has 3 aliphatic heterocycles. The van der Waals surface area contributed by atoms with Crippen molar-refractivity contribution in [3.63, 3.8) is 0 Å². The van der Waals surface area contributed by atoms with Gasteiger partial charge in [-0.05, 0) is 54.4 Å². The Balaban J connectivity index is 0.000000218. The summed E-state index contributed by atoms with van der Waals surface area (Å²) in [6.45, 7) is 12.9. The number of carbonyl (C=O) groups excluding carboxylic acids is 4. The molecule has 4 amide bonds. The first-order valence-electron chi connectivity index (χ1n) is 10.2. The third-order valence-electron chi connectivity index (χ3n) is 4.70. The van der Waals surface area contributed by atoms with Gasteiger partial charge in [-0.15, -0.1) is 0 Å². The van der Waals surface area contributed by atoms with Crippen molar-refractivity contribution in [2.45, 2.75) is 85.4 Å². The van der Waals surface area contributed by atoms with E-state index in [-0.39, 0.29) is 35.7 Å². The summed E-state index contributed by atoms with van der Waals surface area (Å²) in [4.78, 5) is 49.6. The molecule has 0 N–H and O–H groups in total. The maximum atomic E-state index is 10.9. The van der Waals surface area contributed by atoms with Gasteiger partial charge in [0.05, 0.1) is 4.99 Å². The fourth-order valence-corrected chi connectivity index (χ4v) is 3.75. The van der Waals surface area contributed by atoms with Crippen molar-refractivity contribution >= 4 is 40.8 Å². The Hall–Kier alpha value is -2.09. The van der Waals surface area contributed by atoms with Crippen LogP contribution in [0.3, 0.4) is 0 Å². The minimum Gasteiger partial charge on any atom is -0.364 e. The van der Waals surface area contributed by atoms with Crippen molar-refractivity contribution in [1.29, 1.82) is 0 Å². The number of hydrogen-bond donors (Lipinski definition) is 0. The lowest BCUT2D eigenvalue weighted by molar-refractivity contribution is -0.141. The van der Waals surface area contributed by atoms with E-state index in [2.05, 4.69) is 18.7 Å². The molecule has 3 heterocycles. The van der Waals surface area contributed by atoms with Crippen molar-refractivity contribution in [3.8, 4) is 0 Å². The van der Waals surface area contributed by atoms with Gasteiger partial charge in [0.15, 0.2) is 0 Å². The largest absolute Gasteiger partial charge is 0.364 e. The van der Waals surface area contributed by atoms with Gasteiger partial charge in [-0.1, -0.05) is 12.2 Å². The second-order valence-corrected chi connectivity index (χ2v) is 8.48. The molecule has 3 aliphatic rings. The first-order chi connectivity index (χ1) is 13.5. The highest BCUT2D eigenvalue weighted by Gasteiger charge is 2.30. The van der Waals surface area contributed by atoms with Crippen molar-refractivity contribution in [2.75, 3.05) is 6.54 Å². The molecule has 0 saturated carbocycles. The fraction of sp³-hybridized carbons (Fsp3) is 0.667. The molecule has 0 aromatic rings. The Bertz CT molecular complexity index is 645. The fourth-order valence-electron chi connectivity index (χ4n) is 3.31. The lowest BCUT2D eigenvalue weighted by atomic mass is 10.3.